The van der Waals surface area contributed by atoms with Crippen molar-refractivity contribution in [3.63, 3.8) is 0 Å². The molecule has 0 heterocycles. The van der Waals surface area contributed by atoms with Crippen LogP contribution in [0.2, 0.25) is 0 Å². The van der Waals surface area contributed by atoms with Gasteiger partial charge in [0.25, 0.3) is 0 Å². The van der Waals surface area contributed by atoms with Crippen LogP contribution in [0.1, 0.15) is 34.1 Å². The maximum Gasteiger partial charge on any atom is 0.332 e. The Morgan fingerprint density at radius 2 is 1.87 bits per heavy atom. The highest BCUT2D eigenvalue weighted by Crippen LogP contribution is 2.13. The van der Waals surface area contributed by atoms with Crippen molar-refractivity contribution in [1.29, 1.82) is 0 Å². The standard InChI is InChI=1S/C11H22O4/c1-5-14-10(12)9-13-8-7-11(3,4)15-6-2/h5-9H2,1-4H3. The van der Waals surface area contributed by atoms with E-state index >= 15 is 0 Å². The molecule has 0 N–H and O–H groups in total. The summed E-state index contributed by atoms with van der Waals surface area (Å²) in [5, 5.41) is 0. The number of carbonyl (C=O) groups is 1. The van der Waals surface area contributed by atoms with Crippen LogP contribution in [0, 0.1) is 0 Å². The molecule has 0 amide bonds. The first-order chi connectivity index (χ1) is 7.02. The van der Waals surface area contributed by atoms with Gasteiger partial charge < -0.3 is 14.2 Å². The number of carbonyl (C=O) groups excluding carboxylic acids is 1. The second-order valence-corrected chi connectivity index (χ2v) is 3.80. The number of esters is 1. The van der Waals surface area contributed by atoms with Crippen molar-refractivity contribution >= 4 is 5.97 Å². The first kappa shape index (κ1) is 14.4. The lowest BCUT2D eigenvalue weighted by Crippen LogP contribution is -2.27. The van der Waals surface area contributed by atoms with E-state index in [1.807, 2.05) is 20.8 Å². The third kappa shape index (κ3) is 8.39. The van der Waals surface area contributed by atoms with Crippen LogP contribution in [0.3, 0.4) is 0 Å². The molecular weight excluding hydrogens is 196 g/mol. The summed E-state index contributed by atoms with van der Waals surface area (Å²) in [7, 11) is 0. The third-order valence-corrected chi connectivity index (χ3v) is 1.91. The van der Waals surface area contributed by atoms with Crippen molar-refractivity contribution in [1.82, 2.24) is 0 Å². The Hall–Kier alpha value is -0.610. The molecule has 0 aromatic carbocycles. The third-order valence-electron chi connectivity index (χ3n) is 1.91. The Kier molecular flexibility index (Phi) is 7.34. The summed E-state index contributed by atoms with van der Waals surface area (Å²) in [6, 6.07) is 0. The molecule has 0 aliphatic heterocycles. The Morgan fingerprint density at radius 3 is 2.40 bits per heavy atom. The highest BCUT2D eigenvalue weighted by molar-refractivity contribution is 5.70. The maximum absolute atomic E-state index is 10.9. The normalized spacial score (nSPS) is 11.5. The highest BCUT2D eigenvalue weighted by atomic mass is 16.6. The zero-order valence-electron chi connectivity index (χ0n) is 10.2. The lowest BCUT2D eigenvalue weighted by molar-refractivity contribution is -0.149. The Bertz CT molecular complexity index is 177. The van der Waals surface area contributed by atoms with Gasteiger partial charge in [0.05, 0.1) is 18.8 Å². The molecule has 15 heavy (non-hydrogen) atoms. The van der Waals surface area contributed by atoms with Crippen molar-refractivity contribution in [2.24, 2.45) is 0 Å². The molecule has 0 saturated heterocycles. The molecule has 0 aromatic heterocycles. The van der Waals surface area contributed by atoms with Crippen molar-refractivity contribution in [2.75, 3.05) is 26.4 Å². The van der Waals surface area contributed by atoms with Crippen LogP contribution in [0.15, 0.2) is 0 Å². The number of hydrogen-bond acceptors (Lipinski definition) is 4. The lowest BCUT2D eigenvalue weighted by Gasteiger charge is -2.24. The molecule has 0 fully saturated rings. The van der Waals surface area contributed by atoms with Crippen LogP contribution in [-0.4, -0.2) is 38.0 Å². The van der Waals surface area contributed by atoms with Crippen LogP contribution < -0.4 is 0 Å². The molecule has 0 rings (SSSR count). The smallest absolute Gasteiger partial charge is 0.332 e. The summed E-state index contributed by atoms with van der Waals surface area (Å²) in [5.74, 6) is -0.313. The summed E-state index contributed by atoms with van der Waals surface area (Å²) < 4.78 is 15.4. The largest absolute Gasteiger partial charge is 0.464 e. The SMILES string of the molecule is CCOC(=O)COCCC(C)(C)OCC. The summed E-state index contributed by atoms with van der Waals surface area (Å²) in [6.45, 7) is 9.35. The quantitative estimate of drug-likeness (QED) is 0.460. The van der Waals surface area contributed by atoms with E-state index in [2.05, 4.69) is 0 Å². The molecule has 0 radical (unpaired) electrons. The molecular formula is C11H22O4. The minimum absolute atomic E-state index is 0.0239. The predicted molar refractivity (Wildman–Crippen MR) is 57.8 cm³/mol. The van der Waals surface area contributed by atoms with Crippen LogP contribution in [0.5, 0.6) is 0 Å². The first-order valence-electron chi connectivity index (χ1n) is 5.39. The average Bonchev–Trinajstić information content (AvgIpc) is 2.13. The van der Waals surface area contributed by atoms with E-state index in [0.29, 0.717) is 19.8 Å². The fourth-order valence-corrected chi connectivity index (χ4v) is 1.14. The number of hydrogen-bond donors (Lipinski definition) is 0. The van der Waals surface area contributed by atoms with Crippen molar-refractivity contribution in [3.8, 4) is 0 Å². The molecule has 0 aromatic rings. The van der Waals surface area contributed by atoms with Gasteiger partial charge in [-0.3, -0.25) is 0 Å². The molecule has 0 aliphatic carbocycles. The topological polar surface area (TPSA) is 44.8 Å². The van der Waals surface area contributed by atoms with Gasteiger partial charge in [-0.2, -0.15) is 0 Å². The minimum atomic E-state index is -0.313. The molecule has 0 aliphatic rings. The van der Waals surface area contributed by atoms with Gasteiger partial charge in [0.1, 0.15) is 6.61 Å². The Balaban J connectivity index is 3.49. The summed E-state index contributed by atoms with van der Waals surface area (Å²) in [4.78, 5) is 10.9. The molecule has 0 spiro atoms. The van der Waals surface area contributed by atoms with Gasteiger partial charge >= 0.3 is 5.97 Å². The van der Waals surface area contributed by atoms with Gasteiger partial charge in [0.15, 0.2) is 0 Å². The van der Waals surface area contributed by atoms with Crippen molar-refractivity contribution in [3.05, 3.63) is 0 Å². The zero-order valence-corrected chi connectivity index (χ0v) is 10.2. The maximum atomic E-state index is 10.9. The second-order valence-electron chi connectivity index (χ2n) is 3.80. The van der Waals surface area contributed by atoms with E-state index in [1.54, 1.807) is 6.92 Å². The fourth-order valence-electron chi connectivity index (χ4n) is 1.14. The van der Waals surface area contributed by atoms with Crippen LogP contribution >= 0.6 is 0 Å². The van der Waals surface area contributed by atoms with Crippen LogP contribution in [-0.2, 0) is 19.0 Å². The molecule has 0 bridgehead atoms. The summed E-state index contributed by atoms with van der Waals surface area (Å²) in [5.41, 5.74) is -0.191. The fraction of sp³-hybridized carbons (Fsp3) is 0.909. The number of rotatable bonds is 8. The van der Waals surface area contributed by atoms with Gasteiger partial charge in [-0.1, -0.05) is 0 Å². The first-order valence-corrected chi connectivity index (χ1v) is 5.39. The summed E-state index contributed by atoms with van der Waals surface area (Å²) in [6.07, 6.45) is 0.764. The second kappa shape index (κ2) is 7.65. The van der Waals surface area contributed by atoms with Crippen LogP contribution in [0.25, 0.3) is 0 Å². The van der Waals surface area contributed by atoms with Crippen molar-refractivity contribution in [2.45, 2.75) is 39.7 Å². The molecule has 90 valence electrons. The lowest BCUT2D eigenvalue weighted by atomic mass is 10.1. The summed E-state index contributed by atoms with van der Waals surface area (Å²) >= 11 is 0. The Labute approximate surface area is 91.9 Å². The zero-order chi connectivity index (χ0) is 11.7. The van der Waals surface area contributed by atoms with E-state index in [9.17, 15) is 4.79 Å². The van der Waals surface area contributed by atoms with Gasteiger partial charge in [0, 0.05) is 6.61 Å². The van der Waals surface area contributed by atoms with E-state index in [1.165, 1.54) is 0 Å². The van der Waals surface area contributed by atoms with Crippen LogP contribution in [0.4, 0.5) is 0 Å². The molecule has 4 nitrogen and oxygen atoms in total. The van der Waals surface area contributed by atoms with E-state index in [-0.39, 0.29) is 18.2 Å². The number of ether oxygens (including phenoxy) is 3. The van der Waals surface area contributed by atoms with Gasteiger partial charge in [0.2, 0.25) is 0 Å². The highest BCUT2D eigenvalue weighted by Gasteiger charge is 2.17. The van der Waals surface area contributed by atoms with E-state index < -0.39 is 0 Å². The van der Waals surface area contributed by atoms with E-state index in [4.69, 9.17) is 14.2 Å². The van der Waals surface area contributed by atoms with Gasteiger partial charge in [-0.15, -0.1) is 0 Å². The predicted octanol–water partition coefficient (Wildman–Crippen LogP) is 1.77. The van der Waals surface area contributed by atoms with Gasteiger partial charge in [-0.05, 0) is 34.1 Å². The van der Waals surface area contributed by atoms with E-state index in [0.717, 1.165) is 6.42 Å². The van der Waals surface area contributed by atoms with Gasteiger partial charge in [-0.25, -0.2) is 4.79 Å². The molecule has 0 saturated carbocycles. The monoisotopic (exact) mass is 218 g/mol. The van der Waals surface area contributed by atoms with Crippen molar-refractivity contribution < 1.29 is 19.0 Å². The Morgan fingerprint density at radius 1 is 1.20 bits per heavy atom. The average molecular weight is 218 g/mol. The molecule has 0 atom stereocenters. The molecule has 4 heteroatoms. The minimum Gasteiger partial charge on any atom is -0.464 e. The molecule has 0 unspecified atom stereocenters.